The quantitative estimate of drug-likeness (QED) is 0.0771. The Kier molecular flexibility index (Phi) is 26.9. The van der Waals surface area contributed by atoms with Gasteiger partial charge in [0.15, 0.2) is 5.12 Å². The molecule has 0 fully saturated rings. The normalized spacial score (nSPS) is 11.9. The van der Waals surface area contributed by atoms with Gasteiger partial charge in [0.1, 0.15) is 0 Å². The lowest BCUT2D eigenvalue weighted by atomic mass is 10.1. The molecule has 0 bridgehead atoms. The summed E-state index contributed by atoms with van der Waals surface area (Å²) in [6.45, 7) is 10.3. The van der Waals surface area contributed by atoms with E-state index in [2.05, 4.69) is 6.92 Å². The van der Waals surface area contributed by atoms with Crippen LogP contribution in [-0.2, 0) is 18.1 Å². The summed E-state index contributed by atoms with van der Waals surface area (Å²) in [5, 5.41) is 0.407. The van der Waals surface area contributed by atoms with Gasteiger partial charge in [-0.2, -0.15) is 11.8 Å². The summed E-state index contributed by atoms with van der Waals surface area (Å²) in [5.74, 6) is 3.37. The molecular formula is C27H56O4S2Si. The minimum atomic E-state index is -2.46. The van der Waals surface area contributed by atoms with Crippen molar-refractivity contribution < 1.29 is 18.1 Å². The highest BCUT2D eigenvalue weighted by molar-refractivity contribution is 8.13. The summed E-state index contributed by atoms with van der Waals surface area (Å²) < 4.78 is 17.8. The Hall–Kier alpha value is 0.467. The van der Waals surface area contributed by atoms with Crippen LogP contribution in [0.25, 0.3) is 0 Å². The fourth-order valence-electron chi connectivity index (χ4n) is 3.99. The number of rotatable bonds is 27. The summed E-state index contributed by atoms with van der Waals surface area (Å²) in [5.41, 5.74) is 0. The van der Waals surface area contributed by atoms with Gasteiger partial charge in [0.05, 0.1) is 0 Å². The zero-order chi connectivity index (χ0) is 25.2. The van der Waals surface area contributed by atoms with Crippen molar-refractivity contribution in [1.29, 1.82) is 0 Å². The summed E-state index contributed by atoms with van der Waals surface area (Å²) in [6.07, 6.45) is 18.6. The van der Waals surface area contributed by atoms with E-state index in [1.54, 1.807) is 11.8 Å². The third-order valence-electron chi connectivity index (χ3n) is 5.79. The van der Waals surface area contributed by atoms with Crippen molar-refractivity contribution in [2.24, 2.45) is 0 Å². The molecule has 0 unspecified atom stereocenters. The smallest absolute Gasteiger partial charge is 0.374 e. The van der Waals surface area contributed by atoms with Gasteiger partial charge in [-0.3, -0.25) is 4.79 Å². The molecule has 0 N–H and O–H groups in total. The van der Waals surface area contributed by atoms with Crippen LogP contribution in [0.3, 0.4) is 0 Å². The highest BCUT2D eigenvalue weighted by atomic mass is 32.2. The number of carbonyl (C=O) groups is 1. The maximum absolute atomic E-state index is 12.0. The van der Waals surface area contributed by atoms with Crippen LogP contribution in [-0.4, -0.2) is 51.0 Å². The molecule has 0 heterocycles. The molecule has 34 heavy (non-hydrogen) atoms. The average molecular weight is 537 g/mol. The van der Waals surface area contributed by atoms with E-state index in [1.807, 2.05) is 32.5 Å². The number of hydrogen-bond acceptors (Lipinski definition) is 6. The Labute approximate surface area is 222 Å². The second-order valence-electron chi connectivity index (χ2n) is 8.91. The first-order valence-corrected chi connectivity index (χ1v) is 18.4. The van der Waals surface area contributed by atoms with Gasteiger partial charge in [0.2, 0.25) is 0 Å². The van der Waals surface area contributed by atoms with E-state index in [4.69, 9.17) is 13.3 Å². The molecule has 0 saturated carbocycles. The lowest BCUT2D eigenvalue weighted by Crippen LogP contribution is -2.46. The molecule has 4 nitrogen and oxygen atoms in total. The van der Waals surface area contributed by atoms with Gasteiger partial charge in [-0.1, -0.05) is 82.9 Å². The third kappa shape index (κ3) is 21.7. The van der Waals surface area contributed by atoms with Gasteiger partial charge in [0.25, 0.3) is 0 Å². The van der Waals surface area contributed by atoms with E-state index in [9.17, 15) is 4.79 Å². The fourth-order valence-corrected chi connectivity index (χ4v) is 8.69. The van der Waals surface area contributed by atoms with Crippen LogP contribution in [0.15, 0.2) is 0 Å². The molecular weight excluding hydrogens is 481 g/mol. The molecule has 0 radical (unpaired) electrons. The summed E-state index contributed by atoms with van der Waals surface area (Å²) >= 11 is 3.60. The Balaban J connectivity index is 3.48. The Bertz CT molecular complexity index is 424. The second kappa shape index (κ2) is 26.5. The van der Waals surface area contributed by atoms with Gasteiger partial charge in [-0.15, -0.1) is 0 Å². The maximum Gasteiger partial charge on any atom is 0.500 e. The Morgan fingerprint density at radius 3 is 1.62 bits per heavy atom. The largest absolute Gasteiger partial charge is 0.500 e. The first-order chi connectivity index (χ1) is 16.6. The molecule has 7 heteroatoms. The van der Waals surface area contributed by atoms with Crippen molar-refractivity contribution in [2.75, 3.05) is 37.1 Å². The monoisotopic (exact) mass is 536 g/mol. The van der Waals surface area contributed by atoms with Crippen molar-refractivity contribution in [2.45, 2.75) is 130 Å². The maximum atomic E-state index is 12.0. The lowest BCUT2D eigenvalue weighted by Gasteiger charge is -2.28. The van der Waals surface area contributed by atoms with Gasteiger partial charge in [-0.05, 0) is 58.0 Å². The van der Waals surface area contributed by atoms with Crippen LogP contribution in [0, 0.1) is 0 Å². The van der Waals surface area contributed by atoms with E-state index in [0.29, 0.717) is 24.9 Å². The van der Waals surface area contributed by atoms with E-state index in [-0.39, 0.29) is 0 Å². The van der Waals surface area contributed by atoms with E-state index < -0.39 is 8.80 Å². The van der Waals surface area contributed by atoms with Gasteiger partial charge in [-0.25, -0.2) is 0 Å². The average Bonchev–Trinajstić information content (AvgIpc) is 2.82. The van der Waals surface area contributed by atoms with Crippen LogP contribution in [0.5, 0.6) is 0 Å². The summed E-state index contributed by atoms with van der Waals surface area (Å²) in [4.78, 5) is 12.0. The standard InChI is InChI=1S/C27H56O4S2Si/c1-5-9-10-11-12-13-14-15-18-22-27(28)33-25-20-17-16-19-23-32-24-21-26-34(29-6-2,30-7-3)31-8-4/h5-26H2,1-4H3. The number of carbonyl (C=O) groups excluding carboxylic acids is 1. The highest BCUT2D eigenvalue weighted by Gasteiger charge is 2.39. The Morgan fingerprint density at radius 2 is 1.06 bits per heavy atom. The van der Waals surface area contributed by atoms with E-state index >= 15 is 0 Å². The molecule has 0 aliphatic carbocycles. The highest BCUT2D eigenvalue weighted by Crippen LogP contribution is 2.21. The molecule has 0 aromatic rings. The number of hydrogen-bond donors (Lipinski definition) is 0. The lowest BCUT2D eigenvalue weighted by molar-refractivity contribution is -0.111. The zero-order valence-electron chi connectivity index (χ0n) is 23.0. The third-order valence-corrected chi connectivity index (χ3v) is 11.1. The van der Waals surface area contributed by atoms with Crippen LogP contribution < -0.4 is 0 Å². The predicted octanol–water partition coefficient (Wildman–Crippen LogP) is 8.90. The molecule has 0 atom stereocenters. The minimum Gasteiger partial charge on any atom is -0.374 e. The van der Waals surface area contributed by atoms with E-state index in [0.717, 1.165) is 36.8 Å². The molecule has 204 valence electrons. The number of unbranched alkanes of at least 4 members (excludes halogenated alkanes) is 11. The summed E-state index contributed by atoms with van der Waals surface area (Å²) in [7, 11) is -2.46. The fraction of sp³-hybridized carbons (Fsp3) is 0.963. The molecule has 0 aromatic heterocycles. The predicted molar refractivity (Wildman–Crippen MR) is 155 cm³/mol. The Morgan fingerprint density at radius 1 is 0.588 bits per heavy atom. The van der Waals surface area contributed by atoms with Crippen LogP contribution in [0.1, 0.15) is 124 Å². The number of thioether (sulfide) groups is 2. The van der Waals surface area contributed by atoms with Gasteiger partial charge in [0, 0.05) is 38.0 Å². The van der Waals surface area contributed by atoms with Crippen molar-refractivity contribution >= 4 is 37.4 Å². The molecule has 0 rings (SSSR count). The second-order valence-corrected chi connectivity index (χ2v) is 14.0. The van der Waals surface area contributed by atoms with Crippen molar-refractivity contribution in [3.8, 4) is 0 Å². The molecule has 0 amide bonds. The first-order valence-electron chi connectivity index (χ1n) is 14.3. The van der Waals surface area contributed by atoms with E-state index in [1.165, 1.54) is 82.8 Å². The molecule has 0 aliphatic heterocycles. The molecule has 0 aliphatic rings. The minimum absolute atomic E-state index is 0.407. The van der Waals surface area contributed by atoms with Crippen LogP contribution in [0.4, 0.5) is 0 Å². The topological polar surface area (TPSA) is 44.8 Å². The van der Waals surface area contributed by atoms with Crippen molar-refractivity contribution in [3.63, 3.8) is 0 Å². The van der Waals surface area contributed by atoms with Crippen LogP contribution in [0.2, 0.25) is 6.04 Å². The van der Waals surface area contributed by atoms with Gasteiger partial charge < -0.3 is 13.3 Å². The molecule has 0 spiro atoms. The van der Waals surface area contributed by atoms with Crippen molar-refractivity contribution in [3.05, 3.63) is 0 Å². The SMILES string of the molecule is CCCCCCCCCCCC(=O)SCCCCCCSCCC[Si](OCC)(OCC)OCC. The van der Waals surface area contributed by atoms with Crippen molar-refractivity contribution in [1.82, 2.24) is 0 Å². The first kappa shape index (κ1) is 34.5. The van der Waals surface area contributed by atoms with Crippen LogP contribution >= 0.6 is 23.5 Å². The molecule has 0 saturated heterocycles. The van der Waals surface area contributed by atoms with Gasteiger partial charge >= 0.3 is 8.80 Å². The molecule has 0 aromatic carbocycles. The summed E-state index contributed by atoms with van der Waals surface area (Å²) in [6, 6.07) is 0.916. The zero-order valence-corrected chi connectivity index (χ0v) is 25.6.